The SMILES string of the molecule is CC(C)c1ccc(NC(=O)c2cncc(C(=O)N(C)c3ccccc3)c2)cc1. The average molecular weight is 373 g/mol. The number of amides is 2. The van der Waals surface area contributed by atoms with Crippen molar-refractivity contribution in [3.8, 4) is 0 Å². The minimum Gasteiger partial charge on any atom is -0.322 e. The molecular formula is C23H23N3O2. The van der Waals surface area contributed by atoms with Crippen LogP contribution in [-0.2, 0) is 0 Å². The van der Waals surface area contributed by atoms with Gasteiger partial charge in [-0.25, -0.2) is 0 Å². The monoisotopic (exact) mass is 373 g/mol. The van der Waals surface area contributed by atoms with Crippen molar-refractivity contribution in [1.29, 1.82) is 0 Å². The van der Waals surface area contributed by atoms with Gasteiger partial charge in [0.15, 0.2) is 0 Å². The maximum atomic E-state index is 12.7. The molecule has 5 nitrogen and oxygen atoms in total. The van der Waals surface area contributed by atoms with E-state index in [4.69, 9.17) is 0 Å². The quantitative estimate of drug-likeness (QED) is 0.703. The number of nitrogens with zero attached hydrogens (tertiary/aromatic N) is 2. The summed E-state index contributed by atoms with van der Waals surface area (Å²) >= 11 is 0. The van der Waals surface area contributed by atoms with E-state index in [0.29, 0.717) is 22.7 Å². The molecule has 3 rings (SSSR count). The minimum atomic E-state index is -0.304. The third-order valence-corrected chi connectivity index (χ3v) is 4.53. The Labute approximate surface area is 165 Å². The van der Waals surface area contributed by atoms with Crippen molar-refractivity contribution in [3.63, 3.8) is 0 Å². The van der Waals surface area contributed by atoms with Gasteiger partial charge in [-0.15, -0.1) is 0 Å². The van der Waals surface area contributed by atoms with Crippen LogP contribution in [0.15, 0.2) is 73.1 Å². The Morgan fingerprint density at radius 1 is 0.929 bits per heavy atom. The standard InChI is InChI=1S/C23H23N3O2/c1-16(2)17-9-11-20(12-10-17)25-22(27)18-13-19(15-24-14-18)23(28)26(3)21-7-5-4-6-8-21/h4-16H,1-3H3,(H,25,27). The molecule has 5 heteroatoms. The molecule has 0 spiro atoms. The number of pyridine rings is 1. The van der Waals surface area contributed by atoms with E-state index in [0.717, 1.165) is 5.69 Å². The Hall–Kier alpha value is -3.47. The van der Waals surface area contributed by atoms with Crippen LogP contribution in [-0.4, -0.2) is 23.8 Å². The molecule has 0 radical (unpaired) electrons. The normalized spacial score (nSPS) is 10.6. The summed E-state index contributed by atoms with van der Waals surface area (Å²) in [7, 11) is 1.70. The third kappa shape index (κ3) is 4.43. The number of rotatable bonds is 5. The Morgan fingerprint density at radius 3 is 2.21 bits per heavy atom. The molecule has 0 atom stereocenters. The molecule has 1 heterocycles. The van der Waals surface area contributed by atoms with Gasteiger partial charge in [-0.1, -0.05) is 44.2 Å². The first-order valence-corrected chi connectivity index (χ1v) is 9.15. The first-order chi connectivity index (χ1) is 13.5. The van der Waals surface area contributed by atoms with E-state index in [9.17, 15) is 9.59 Å². The molecule has 0 fully saturated rings. The number of carbonyl (C=O) groups excluding carboxylic acids is 2. The van der Waals surface area contributed by atoms with Gasteiger partial charge in [0, 0.05) is 30.8 Å². The smallest absolute Gasteiger partial charge is 0.259 e. The molecule has 0 saturated carbocycles. The summed E-state index contributed by atoms with van der Waals surface area (Å²) in [6.07, 6.45) is 2.92. The minimum absolute atomic E-state index is 0.227. The second-order valence-corrected chi connectivity index (χ2v) is 6.89. The molecule has 2 aromatic carbocycles. The van der Waals surface area contributed by atoms with Gasteiger partial charge in [0.25, 0.3) is 11.8 Å². The predicted octanol–water partition coefficient (Wildman–Crippen LogP) is 4.73. The van der Waals surface area contributed by atoms with Crippen molar-refractivity contribution in [2.24, 2.45) is 0 Å². The second-order valence-electron chi connectivity index (χ2n) is 6.89. The molecule has 0 saturated heterocycles. The fraction of sp³-hybridized carbons (Fsp3) is 0.174. The van der Waals surface area contributed by atoms with Crippen molar-refractivity contribution in [3.05, 3.63) is 89.7 Å². The topological polar surface area (TPSA) is 62.3 Å². The van der Waals surface area contributed by atoms with Gasteiger partial charge in [0.1, 0.15) is 0 Å². The Kier molecular flexibility index (Phi) is 5.84. The van der Waals surface area contributed by atoms with Crippen LogP contribution in [0.4, 0.5) is 11.4 Å². The lowest BCUT2D eigenvalue weighted by Crippen LogP contribution is -2.26. The largest absolute Gasteiger partial charge is 0.322 e. The van der Waals surface area contributed by atoms with E-state index in [1.54, 1.807) is 13.1 Å². The van der Waals surface area contributed by atoms with Crippen molar-refractivity contribution < 1.29 is 9.59 Å². The predicted molar refractivity (Wildman–Crippen MR) is 112 cm³/mol. The van der Waals surface area contributed by atoms with Crippen LogP contribution >= 0.6 is 0 Å². The van der Waals surface area contributed by atoms with Crippen LogP contribution in [0, 0.1) is 0 Å². The van der Waals surface area contributed by atoms with Crippen LogP contribution < -0.4 is 10.2 Å². The van der Waals surface area contributed by atoms with Crippen molar-refractivity contribution in [2.45, 2.75) is 19.8 Å². The number of anilines is 2. The Bertz CT molecular complexity index is 967. The van der Waals surface area contributed by atoms with Crippen molar-refractivity contribution in [2.75, 3.05) is 17.3 Å². The van der Waals surface area contributed by atoms with Gasteiger partial charge in [-0.05, 0) is 41.8 Å². The fourth-order valence-corrected chi connectivity index (χ4v) is 2.80. The number of hydrogen-bond acceptors (Lipinski definition) is 3. The van der Waals surface area contributed by atoms with Gasteiger partial charge in [-0.2, -0.15) is 0 Å². The summed E-state index contributed by atoms with van der Waals surface area (Å²) < 4.78 is 0. The summed E-state index contributed by atoms with van der Waals surface area (Å²) in [6.45, 7) is 4.24. The third-order valence-electron chi connectivity index (χ3n) is 4.53. The molecule has 142 valence electrons. The van der Waals surface area contributed by atoms with Crippen molar-refractivity contribution in [1.82, 2.24) is 4.98 Å². The lowest BCUT2D eigenvalue weighted by atomic mass is 10.0. The molecule has 0 unspecified atom stereocenters. The zero-order valence-electron chi connectivity index (χ0n) is 16.2. The summed E-state index contributed by atoms with van der Waals surface area (Å²) in [4.78, 5) is 30.9. The van der Waals surface area contributed by atoms with E-state index in [1.807, 2.05) is 54.6 Å². The molecule has 0 aliphatic heterocycles. The van der Waals surface area contributed by atoms with E-state index in [2.05, 4.69) is 24.1 Å². The highest BCUT2D eigenvalue weighted by atomic mass is 16.2. The van der Waals surface area contributed by atoms with Crippen LogP contribution in [0.1, 0.15) is 46.0 Å². The molecule has 1 aromatic heterocycles. The molecular weight excluding hydrogens is 350 g/mol. The van der Waals surface area contributed by atoms with E-state index >= 15 is 0 Å². The van der Waals surface area contributed by atoms with E-state index in [1.165, 1.54) is 22.9 Å². The van der Waals surface area contributed by atoms with Crippen LogP contribution in [0.3, 0.4) is 0 Å². The van der Waals surface area contributed by atoms with Gasteiger partial charge in [0.05, 0.1) is 11.1 Å². The molecule has 1 N–H and O–H groups in total. The van der Waals surface area contributed by atoms with E-state index < -0.39 is 0 Å². The zero-order valence-corrected chi connectivity index (χ0v) is 16.2. The zero-order chi connectivity index (χ0) is 20.1. The molecule has 3 aromatic rings. The molecule has 0 aliphatic carbocycles. The molecule has 0 aliphatic rings. The Balaban J connectivity index is 1.75. The maximum Gasteiger partial charge on any atom is 0.259 e. The van der Waals surface area contributed by atoms with Gasteiger partial charge < -0.3 is 10.2 Å². The fourth-order valence-electron chi connectivity index (χ4n) is 2.80. The number of benzene rings is 2. The number of hydrogen-bond donors (Lipinski definition) is 1. The van der Waals surface area contributed by atoms with Crippen LogP contribution in [0.2, 0.25) is 0 Å². The highest BCUT2D eigenvalue weighted by molar-refractivity contribution is 6.09. The maximum absolute atomic E-state index is 12.7. The van der Waals surface area contributed by atoms with Gasteiger partial charge >= 0.3 is 0 Å². The van der Waals surface area contributed by atoms with Gasteiger partial charge in [-0.3, -0.25) is 14.6 Å². The molecule has 28 heavy (non-hydrogen) atoms. The van der Waals surface area contributed by atoms with Crippen LogP contribution in [0.25, 0.3) is 0 Å². The molecule has 0 bridgehead atoms. The Morgan fingerprint density at radius 2 is 1.57 bits per heavy atom. The second kappa shape index (κ2) is 8.48. The first kappa shape index (κ1) is 19.3. The summed E-state index contributed by atoms with van der Waals surface area (Å²) in [5.41, 5.74) is 3.37. The summed E-state index contributed by atoms with van der Waals surface area (Å²) in [5.74, 6) is -0.102. The lowest BCUT2D eigenvalue weighted by molar-refractivity contribution is 0.0992. The highest BCUT2D eigenvalue weighted by Gasteiger charge is 2.16. The summed E-state index contributed by atoms with van der Waals surface area (Å²) in [5, 5.41) is 2.85. The van der Waals surface area contributed by atoms with Crippen LogP contribution in [0.5, 0.6) is 0 Å². The highest BCUT2D eigenvalue weighted by Crippen LogP contribution is 2.18. The lowest BCUT2D eigenvalue weighted by Gasteiger charge is -2.17. The summed E-state index contributed by atoms with van der Waals surface area (Å²) in [6, 6.07) is 18.6. The van der Waals surface area contributed by atoms with E-state index in [-0.39, 0.29) is 11.8 Å². The molecule has 2 amide bonds. The number of para-hydroxylation sites is 1. The average Bonchev–Trinajstić information content (AvgIpc) is 2.73. The van der Waals surface area contributed by atoms with Gasteiger partial charge in [0.2, 0.25) is 0 Å². The number of nitrogens with one attached hydrogen (secondary N) is 1. The van der Waals surface area contributed by atoms with Crippen molar-refractivity contribution >= 4 is 23.2 Å². The number of aromatic nitrogens is 1. The first-order valence-electron chi connectivity index (χ1n) is 9.15. The number of carbonyl (C=O) groups is 2.